The minimum atomic E-state index is -0.578. The molecule has 1 aliphatic heterocycles. The zero-order valence-corrected chi connectivity index (χ0v) is 9.56. The van der Waals surface area contributed by atoms with Gasteiger partial charge in [0.2, 0.25) is 0 Å². The molecule has 0 aliphatic carbocycles. The first-order valence-corrected chi connectivity index (χ1v) is 5.10. The summed E-state index contributed by atoms with van der Waals surface area (Å²) in [6.45, 7) is 5.25. The molecule has 2 atom stereocenters. The minimum Gasteiger partial charge on any atom is -0.388 e. The van der Waals surface area contributed by atoms with Gasteiger partial charge >= 0.3 is 0 Å². The van der Waals surface area contributed by atoms with Crippen molar-refractivity contribution >= 4 is 0 Å². The molecule has 1 rings (SSSR count). The second-order valence-corrected chi connectivity index (χ2v) is 4.10. The molecule has 2 unspecified atom stereocenters. The minimum absolute atomic E-state index is 0.0465. The van der Waals surface area contributed by atoms with Crippen molar-refractivity contribution in [2.24, 2.45) is 0 Å². The average Bonchev–Trinajstić information content (AvgIpc) is 2.46. The van der Waals surface area contributed by atoms with E-state index in [2.05, 4.69) is 0 Å². The highest BCUT2D eigenvalue weighted by Gasteiger charge is 2.32. The van der Waals surface area contributed by atoms with E-state index in [-0.39, 0.29) is 19.3 Å². The second kappa shape index (κ2) is 5.77. The van der Waals surface area contributed by atoms with Gasteiger partial charge < -0.3 is 24.1 Å². The molecule has 0 aromatic carbocycles. The fourth-order valence-corrected chi connectivity index (χ4v) is 1.42. The monoisotopic (exact) mass is 220 g/mol. The van der Waals surface area contributed by atoms with E-state index in [0.29, 0.717) is 13.2 Å². The number of hydrogen-bond donors (Lipinski definition) is 1. The van der Waals surface area contributed by atoms with Crippen LogP contribution in [0.5, 0.6) is 0 Å². The summed E-state index contributed by atoms with van der Waals surface area (Å²) in [5.41, 5.74) is 0. The van der Waals surface area contributed by atoms with E-state index in [0.717, 1.165) is 0 Å². The fourth-order valence-electron chi connectivity index (χ4n) is 1.42. The molecule has 15 heavy (non-hydrogen) atoms. The van der Waals surface area contributed by atoms with Crippen molar-refractivity contribution < 1.29 is 24.1 Å². The van der Waals surface area contributed by atoms with Gasteiger partial charge in [0.25, 0.3) is 0 Å². The van der Waals surface area contributed by atoms with Gasteiger partial charge in [0, 0.05) is 7.11 Å². The summed E-state index contributed by atoms with van der Waals surface area (Å²) in [5, 5.41) is 9.30. The van der Waals surface area contributed by atoms with Crippen molar-refractivity contribution in [3.63, 3.8) is 0 Å². The molecular formula is C10H20O5. The molecule has 0 aromatic rings. The lowest BCUT2D eigenvalue weighted by Crippen LogP contribution is -2.27. The van der Waals surface area contributed by atoms with Gasteiger partial charge in [-0.1, -0.05) is 0 Å². The van der Waals surface area contributed by atoms with Gasteiger partial charge in [0.1, 0.15) is 12.2 Å². The van der Waals surface area contributed by atoms with E-state index in [4.69, 9.17) is 18.9 Å². The first-order chi connectivity index (χ1) is 7.03. The van der Waals surface area contributed by atoms with Crippen molar-refractivity contribution in [3.8, 4) is 0 Å². The average molecular weight is 220 g/mol. The molecule has 1 saturated heterocycles. The summed E-state index contributed by atoms with van der Waals surface area (Å²) < 4.78 is 21.0. The van der Waals surface area contributed by atoms with Crippen molar-refractivity contribution in [1.29, 1.82) is 0 Å². The van der Waals surface area contributed by atoms with Gasteiger partial charge in [-0.25, -0.2) is 0 Å². The van der Waals surface area contributed by atoms with Gasteiger partial charge in [-0.2, -0.15) is 0 Å². The van der Waals surface area contributed by atoms with E-state index in [9.17, 15) is 5.11 Å². The summed E-state index contributed by atoms with van der Waals surface area (Å²) >= 11 is 0. The molecule has 5 nitrogen and oxygen atoms in total. The summed E-state index contributed by atoms with van der Waals surface area (Å²) in [7, 11) is 1.54. The van der Waals surface area contributed by atoms with Crippen molar-refractivity contribution in [2.45, 2.75) is 31.8 Å². The van der Waals surface area contributed by atoms with Gasteiger partial charge in [-0.3, -0.25) is 0 Å². The Morgan fingerprint density at radius 3 is 2.73 bits per heavy atom. The Balaban J connectivity index is 2.06. The highest BCUT2D eigenvalue weighted by molar-refractivity contribution is 4.70. The SMILES string of the molecule is COCC(O)COCC1COC(C)(C)O1. The van der Waals surface area contributed by atoms with Crippen LogP contribution in [0.4, 0.5) is 0 Å². The first kappa shape index (κ1) is 12.9. The fraction of sp³-hybridized carbons (Fsp3) is 1.00. The predicted molar refractivity (Wildman–Crippen MR) is 53.6 cm³/mol. The summed E-state index contributed by atoms with van der Waals surface area (Å²) in [6.07, 6.45) is -0.625. The van der Waals surface area contributed by atoms with E-state index >= 15 is 0 Å². The van der Waals surface area contributed by atoms with E-state index in [1.807, 2.05) is 13.8 Å². The molecule has 0 amide bonds. The molecule has 5 heteroatoms. The Labute approximate surface area is 90.3 Å². The van der Waals surface area contributed by atoms with Gasteiger partial charge in [-0.05, 0) is 13.8 Å². The van der Waals surface area contributed by atoms with Crippen LogP contribution in [0, 0.1) is 0 Å². The molecule has 0 bridgehead atoms. The summed E-state index contributed by atoms with van der Waals surface area (Å²) in [6, 6.07) is 0. The van der Waals surface area contributed by atoms with Gasteiger partial charge in [0.15, 0.2) is 5.79 Å². The Morgan fingerprint density at radius 2 is 2.20 bits per heavy atom. The summed E-state index contributed by atoms with van der Waals surface area (Å²) in [5.74, 6) is -0.515. The smallest absolute Gasteiger partial charge is 0.163 e. The Bertz CT molecular complexity index is 183. The Kier molecular flexibility index (Phi) is 4.95. The standard InChI is InChI=1S/C10H20O5/c1-10(2)14-7-9(15-10)6-13-5-8(11)4-12-3/h8-9,11H,4-7H2,1-3H3. The Morgan fingerprint density at radius 1 is 1.47 bits per heavy atom. The van der Waals surface area contributed by atoms with E-state index < -0.39 is 11.9 Å². The van der Waals surface area contributed by atoms with Crippen LogP contribution in [0.2, 0.25) is 0 Å². The maximum atomic E-state index is 9.30. The number of rotatable bonds is 6. The number of aliphatic hydroxyl groups excluding tert-OH is 1. The summed E-state index contributed by atoms with van der Waals surface area (Å²) in [4.78, 5) is 0. The number of aliphatic hydroxyl groups is 1. The molecule has 0 aromatic heterocycles. The maximum Gasteiger partial charge on any atom is 0.163 e. The zero-order chi connectivity index (χ0) is 11.3. The third-order valence-corrected chi connectivity index (χ3v) is 2.04. The molecule has 90 valence electrons. The zero-order valence-electron chi connectivity index (χ0n) is 9.56. The third-order valence-electron chi connectivity index (χ3n) is 2.04. The van der Waals surface area contributed by atoms with Crippen LogP contribution >= 0.6 is 0 Å². The molecule has 1 fully saturated rings. The molecule has 0 spiro atoms. The largest absolute Gasteiger partial charge is 0.388 e. The van der Waals surface area contributed by atoms with Crippen LogP contribution in [0.3, 0.4) is 0 Å². The van der Waals surface area contributed by atoms with Gasteiger partial charge in [-0.15, -0.1) is 0 Å². The van der Waals surface area contributed by atoms with Crippen LogP contribution in [-0.4, -0.2) is 56.6 Å². The van der Waals surface area contributed by atoms with Crippen molar-refractivity contribution in [2.75, 3.05) is 33.5 Å². The van der Waals surface area contributed by atoms with Crippen molar-refractivity contribution in [1.82, 2.24) is 0 Å². The highest BCUT2D eigenvalue weighted by atomic mass is 16.7. The number of ether oxygens (including phenoxy) is 4. The lowest BCUT2D eigenvalue weighted by atomic mass is 10.4. The molecule has 0 saturated carbocycles. The highest BCUT2D eigenvalue weighted by Crippen LogP contribution is 2.22. The molecule has 0 radical (unpaired) electrons. The van der Waals surface area contributed by atoms with Crippen LogP contribution in [0.25, 0.3) is 0 Å². The number of hydrogen-bond acceptors (Lipinski definition) is 5. The molecule has 1 heterocycles. The predicted octanol–water partition coefficient (Wildman–Crippen LogP) is 0.162. The first-order valence-electron chi connectivity index (χ1n) is 5.10. The number of methoxy groups -OCH3 is 1. The normalized spacial score (nSPS) is 26.8. The molecular weight excluding hydrogens is 200 g/mol. The lowest BCUT2D eigenvalue weighted by Gasteiger charge is -2.17. The van der Waals surface area contributed by atoms with Crippen molar-refractivity contribution in [3.05, 3.63) is 0 Å². The topological polar surface area (TPSA) is 57.2 Å². The van der Waals surface area contributed by atoms with Crippen LogP contribution in [0.1, 0.15) is 13.8 Å². The van der Waals surface area contributed by atoms with Crippen LogP contribution in [-0.2, 0) is 18.9 Å². The van der Waals surface area contributed by atoms with E-state index in [1.54, 1.807) is 7.11 Å². The quantitative estimate of drug-likeness (QED) is 0.691. The molecule has 1 N–H and O–H groups in total. The van der Waals surface area contributed by atoms with Crippen LogP contribution < -0.4 is 0 Å². The second-order valence-electron chi connectivity index (χ2n) is 4.10. The van der Waals surface area contributed by atoms with Crippen LogP contribution in [0.15, 0.2) is 0 Å². The lowest BCUT2D eigenvalue weighted by molar-refractivity contribution is -0.146. The third kappa shape index (κ3) is 4.90. The maximum absolute atomic E-state index is 9.30. The van der Waals surface area contributed by atoms with E-state index in [1.165, 1.54) is 0 Å². The Hall–Kier alpha value is -0.200. The van der Waals surface area contributed by atoms with Gasteiger partial charge in [0.05, 0.1) is 26.4 Å². The molecule has 1 aliphatic rings.